The lowest BCUT2D eigenvalue weighted by Gasteiger charge is -2.16. The largest absolute Gasteiger partial charge is 0.452 e. The maximum atomic E-state index is 6.78. The number of benzene rings is 8. The van der Waals surface area contributed by atoms with Crippen molar-refractivity contribution in [2.75, 3.05) is 0 Å². The number of fused-ring (bicyclic) bond motifs is 6. The standard InChI is InChI=1S/C55H34N6O/c1-5-18-35(19-6-1)40-28-17-30-46-48(40)41-26-13-15-29-44(41)61(46)45-33-32-39(55-59-53(37-22-9-3-10-23-37)58-54(60-55)38-24-11-4-12-25-38)34-43(45)50-51-49(42-27-14-16-31-47(42)62-51)56-52(57-50)36-20-7-2-8-21-36/h1-34H. The molecule has 0 N–H and O–H groups in total. The summed E-state index contributed by atoms with van der Waals surface area (Å²) in [6.07, 6.45) is 0. The number of aromatic nitrogens is 6. The van der Waals surface area contributed by atoms with Gasteiger partial charge >= 0.3 is 0 Å². The molecule has 0 bridgehead atoms. The van der Waals surface area contributed by atoms with Crippen molar-refractivity contribution in [3.63, 3.8) is 0 Å². The normalized spacial score (nSPS) is 11.5. The SMILES string of the molecule is c1ccc(-c2nc(-c3ccccc3)nc(-c3ccc(-n4c5ccccc5c5c(-c6ccccc6)cccc54)c(-c4nc(-c5ccccc5)nc5c4oc4ccccc45)c3)n2)cc1. The summed E-state index contributed by atoms with van der Waals surface area (Å²) in [5.74, 6) is 2.31. The summed E-state index contributed by atoms with van der Waals surface area (Å²) in [5.41, 5.74) is 12.5. The zero-order valence-electron chi connectivity index (χ0n) is 33.2. The van der Waals surface area contributed by atoms with Crippen LogP contribution in [0.4, 0.5) is 0 Å². The van der Waals surface area contributed by atoms with Crippen LogP contribution in [0.25, 0.3) is 117 Å². The van der Waals surface area contributed by atoms with Gasteiger partial charge in [-0.3, -0.25) is 0 Å². The Kier molecular flexibility index (Phi) is 8.35. The lowest BCUT2D eigenvalue weighted by molar-refractivity contribution is 0.667. The molecular weight excluding hydrogens is 761 g/mol. The topological polar surface area (TPSA) is 82.5 Å². The van der Waals surface area contributed by atoms with Crippen molar-refractivity contribution in [1.82, 2.24) is 29.5 Å². The van der Waals surface area contributed by atoms with Crippen LogP contribution in [0, 0.1) is 0 Å². The predicted octanol–water partition coefficient (Wildman–Crippen LogP) is 13.7. The summed E-state index contributed by atoms with van der Waals surface area (Å²) in [6.45, 7) is 0. The highest BCUT2D eigenvalue weighted by Gasteiger charge is 2.25. The maximum Gasteiger partial charge on any atom is 0.180 e. The van der Waals surface area contributed by atoms with Gasteiger partial charge in [0.15, 0.2) is 28.9 Å². The fourth-order valence-electron chi connectivity index (χ4n) is 8.62. The van der Waals surface area contributed by atoms with Crippen LogP contribution in [-0.4, -0.2) is 29.5 Å². The highest BCUT2D eigenvalue weighted by atomic mass is 16.3. The first-order valence-electron chi connectivity index (χ1n) is 20.6. The highest BCUT2D eigenvalue weighted by Crippen LogP contribution is 2.44. The van der Waals surface area contributed by atoms with E-state index >= 15 is 0 Å². The van der Waals surface area contributed by atoms with Gasteiger partial charge in [-0.1, -0.05) is 164 Å². The molecule has 4 aromatic heterocycles. The summed E-state index contributed by atoms with van der Waals surface area (Å²) in [5, 5.41) is 3.24. The molecule has 0 radical (unpaired) electrons. The van der Waals surface area contributed by atoms with Gasteiger partial charge in [-0.25, -0.2) is 24.9 Å². The van der Waals surface area contributed by atoms with Crippen molar-refractivity contribution in [2.45, 2.75) is 0 Å². The Labute approximate surface area is 356 Å². The minimum Gasteiger partial charge on any atom is -0.452 e. The van der Waals surface area contributed by atoms with E-state index in [4.69, 9.17) is 29.3 Å². The molecule has 0 spiro atoms. The third-order valence-corrected chi connectivity index (χ3v) is 11.5. The highest BCUT2D eigenvalue weighted by molar-refractivity contribution is 6.16. The molecule has 0 aliphatic rings. The molecule has 0 amide bonds. The summed E-state index contributed by atoms with van der Waals surface area (Å²) in [6, 6.07) is 70.5. The molecule has 7 nitrogen and oxygen atoms in total. The molecule has 0 aliphatic heterocycles. The number of nitrogens with zero attached hydrogens (tertiary/aromatic N) is 6. The molecule has 12 aromatic rings. The van der Waals surface area contributed by atoms with Crippen molar-refractivity contribution in [2.24, 2.45) is 0 Å². The number of hydrogen-bond acceptors (Lipinski definition) is 6. The Morgan fingerprint density at radius 2 is 0.871 bits per heavy atom. The Morgan fingerprint density at radius 3 is 1.52 bits per heavy atom. The zero-order chi connectivity index (χ0) is 41.0. The molecule has 0 saturated carbocycles. The monoisotopic (exact) mass is 794 g/mol. The third-order valence-electron chi connectivity index (χ3n) is 11.5. The van der Waals surface area contributed by atoms with E-state index in [0.29, 0.717) is 34.6 Å². The van der Waals surface area contributed by atoms with Crippen LogP contribution in [-0.2, 0) is 0 Å². The molecule has 0 aliphatic carbocycles. The number of rotatable bonds is 7. The van der Waals surface area contributed by atoms with E-state index in [1.807, 2.05) is 109 Å². The number of para-hydroxylation sites is 2. The van der Waals surface area contributed by atoms with Crippen LogP contribution >= 0.6 is 0 Å². The van der Waals surface area contributed by atoms with Gasteiger partial charge in [0.25, 0.3) is 0 Å². The Morgan fingerprint density at radius 1 is 0.355 bits per heavy atom. The summed E-state index contributed by atoms with van der Waals surface area (Å²) < 4.78 is 9.13. The molecule has 7 heteroatoms. The van der Waals surface area contributed by atoms with E-state index < -0.39 is 0 Å². The van der Waals surface area contributed by atoms with Gasteiger partial charge in [-0.15, -0.1) is 0 Å². The van der Waals surface area contributed by atoms with Crippen molar-refractivity contribution < 1.29 is 4.42 Å². The Bertz CT molecular complexity index is 3560. The zero-order valence-corrected chi connectivity index (χ0v) is 33.2. The molecule has 0 saturated heterocycles. The lowest BCUT2D eigenvalue weighted by atomic mass is 9.99. The first-order chi connectivity index (χ1) is 30.7. The minimum absolute atomic E-state index is 0.539. The second kappa shape index (κ2) is 14.6. The first-order valence-corrected chi connectivity index (χ1v) is 20.6. The van der Waals surface area contributed by atoms with Crippen LogP contribution in [0.5, 0.6) is 0 Å². The van der Waals surface area contributed by atoms with Crippen molar-refractivity contribution in [3.05, 3.63) is 206 Å². The Balaban J connectivity index is 1.19. The fraction of sp³-hybridized carbons (Fsp3) is 0. The van der Waals surface area contributed by atoms with E-state index in [-0.39, 0.29) is 0 Å². The summed E-state index contributed by atoms with van der Waals surface area (Å²) in [4.78, 5) is 25.9. The van der Waals surface area contributed by atoms with Gasteiger partial charge < -0.3 is 8.98 Å². The maximum absolute atomic E-state index is 6.78. The Hall–Kier alpha value is -8.55. The van der Waals surface area contributed by atoms with Crippen molar-refractivity contribution in [3.8, 4) is 73.6 Å². The minimum atomic E-state index is 0.539. The second-order valence-electron chi connectivity index (χ2n) is 15.2. The van der Waals surface area contributed by atoms with Gasteiger partial charge in [0.05, 0.1) is 16.7 Å². The lowest BCUT2D eigenvalue weighted by Crippen LogP contribution is -2.03. The quantitative estimate of drug-likeness (QED) is 0.160. The van der Waals surface area contributed by atoms with Crippen molar-refractivity contribution >= 4 is 43.9 Å². The molecule has 8 aromatic carbocycles. The molecule has 4 heterocycles. The van der Waals surface area contributed by atoms with Gasteiger partial charge in [0.1, 0.15) is 16.8 Å². The summed E-state index contributed by atoms with van der Waals surface area (Å²) in [7, 11) is 0. The molecule has 0 fully saturated rings. The number of furan rings is 1. The van der Waals surface area contributed by atoms with Gasteiger partial charge in [0.2, 0.25) is 0 Å². The van der Waals surface area contributed by atoms with E-state index in [2.05, 4.69) is 102 Å². The summed E-state index contributed by atoms with van der Waals surface area (Å²) >= 11 is 0. The molecular formula is C55H34N6O. The van der Waals surface area contributed by atoms with E-state index in [1.165, 1.54) is 5.39 Å². The molecule has 290 valence electrons. The molecule has 12 rings (SSSR count). The molecule has 0 atom stereocenters. The smallest absolute Gasteiger partial charge is 0.180 e. The van der Waals surface area contributed by atoms with E-state index in [1.54, 1.807) is 0 Å². The van der Waals surface area contributed by atoms with Crippen molar-refractivity contribution in [1.29, 1.82) is 0 Å². The van der Waals surface area contributed by atoms with Gasteiger partial charge in [0, 0.05) is 44.0 Å². The van der Waals surface area contributed by atoms with Gasteiger partial charge in [-0.2, -0.15) is 0 Å². The van der Waals surface area contributed by atoms with Crippen LogP contribution in [0.3, 0.4) is 0 Å². The average molecular weight is 795 g/mol. The van der Waals surface area contributed by atoms with E-state index in [0.717, 1.165) is 77.5 Å². The van der Waals surface area contributed by atoms with E-state index in [9.17, 15) is 0 Å². The van der Waals surface area contributed by atoms with Crippen LogP contribution in [0.2, 0.25) is 0 Å². The van der Waals surface area contributed by atoms with Crippen LogP contribution < -0.4 is 0 Å². The second-order valence-corrected chi connectivity index (χ2v) is 15.2. The fourth-order valence-corrected chi connectivity index (χ4v) is 8.62. The predicted molar refractivity (Wildman–Crippen MR) is 250 cm³/mol. The average Bonchev–Trinajstić information content (AvgIpc) is 3.90. The first kappa shape index (κ1) is 35.4. The van der Waals surface area contributed by atoms with Crippen LogP contribution in [0.1, 0.15) is 0 Å². The van der Waals surface area contributed by atoms with Gasteiger partial charge in [-0.05, 0) is 53.6 Å². The third kappa shape index (κ3) is 5.94. The van der Waals surface area contributed by atoms with Crippen LogP contribution in [0.15, 0.2) is 211 Å². The molecule has 0 unspecified atom stereocenters. The molecule has 62 heavy (non-hydrogen) atoms. The number of hydrogen-bond donors (Lipinski definition) is 0.